The largest absolute Gasteiger partial charge is 0.397 e. The van der Waals surface area contributed by atoms with E-state index >= 15 is 0 Å². The van der Waals surface area contributed by atoms with Crippen LogP contribution in [0.5, 0.6) is 0 Å². The van der Waals surface area contributed by atoms with E-state index in [0.29, 0.717) is 17.9 Å². The summed E-state index contributed by atoms with van der Waals surface area (Å²) in [5.74, 6) is -0.0689. The predicted octanol–water partition coefficient (Wildman–Crippen LogP) is 2.69. The molecule has 0 fully saturated rings. The molecule has 2 aromatic heterocycles. The maximum absolute atomic E-state index is 12.1. The Hall–Kier alpha value is -1.75. The summed E-state index contributed by atoms with van der Waals surface area (Å²) >= 11 is 1.67. The normalized spacial score (nSPS) is 10.9. The van der Waals surface area contributed by atoms with E-state index in [4.69, 9.17) is 5.73 Å². The molecule has 0 atom stereocenters. The molecule has 0 aliphatic carbocycles. The fourth-order valence-corrected chi connectivity index (χ4v) is 2.66. The summed E-state index contributed by atoms with van der Waals surface area (Å²) in [5.41, 5.74) is 8.26. The number of thiophene rings is 1. The van der Waals surface area contributed by atoms with E-state index < -0.39 is 0 Å². The molecule has 0 aliphatic rings. The summed E-state index contributed by atoms with van der Waals surface area (Å²) in [7, 11) is 0. The Labute approximate surface area is 117 Å². The SMILES string of the molecule is CC(C)n1cc(N)cc1C(=O)NCCc1ccsc1. The van der Waals surface area contributed by atoms with Gasteiger partial charge in [-0.05, 0) is 48.7 Å². The zero-order valence-corrected chi connectivity index (χ0v) is 12.0. The minimum absolute atomic E-state index is 0.0689. The Balaban J connectivity index is 1.96. The Bertz CT molecular complexity index is 543. The number of rotatable bonds is 5. The summed E-state index contributed by atoms with van der Waals surface area (Å²) in [6.45, 7) is 4.70. The highest BCUT2D eigenvalue weighted by atomic mass is 32.1. The van der Waals surface area contributed by atoms with Crippen molar-refractivity contribution in [2.45, 2.75) is 26.3 Å². The van der Waals surface area contributed by atoms with Crippen LogP contribution < -0.4 is 11.1 Å². The highest BCUT2D eigenvalue weighted by Crippen LogP contribution is 2.16. The van der Waals surface area contributed by atoms with Gasteiger partial charge in [-0.15, -0.1) is 0 Å². The number of nitrogen functional groups attached to an aromatic ring is 1. The lowest BCUT2D eigenvalue weighted by Crippen LogP contribution is -2.28. The van der Waals surface area contributed by atoms with Gasteiger partial charge in [0.25, 0.3) is 5.91 Å². The number of nitrogens with two attached hydrogens (primary N) is 1. The van der Waals surface area contributed by atoms with Gasteiger partial charge in [-0.2, -0.15) is 11.3 Å². The lowest BCUT2D eigenvalue weighted by Gasteiger charge is -2.12. The Morgan fingerprint density at radius 3 is 2.95 bits per heavy atom. The van der Waals surface area contributed by atoms with E-state index in [1.54, 1.807) is 23.6 Å². The summed E-state index contributed by atoms with van der Waals surface area (Å²) < 4.78 is 1.90. The molecule has 2 aromatic rings. The van der Waals surface area contributed by atoms with Crippen LogP contribution in [0.25, 0.3) is 0 Å². The minimum Gasteiger partial charge on any atom is -0.397 e. The molecule has 0 aliphatic heterocycles. The predicted molar refractivity (Wildman–Crippen MR) is 79.6 cm³/mol. The average Bonchev–Trinajstić information content (AvgIpc) is 2.98. The Morgan fingerprint density at radius 2 is 2.32 bits per heavy atom. The molecule has 1 amide bonds. The number of anilines is 1. The third kappa shape index (κ3) is 3.38. The van der Waals surface area contributed by atoms with Crippen LogP contribution in [0.3, 0.4) is 0 Å². The van der Waals surface area contributed by atoms with Gasteiger partial charge in [0.05, 0.1) is 5.69 Å². The molecule has 0 radical (unpaired) electrons. The molecule has 0 unspecified atom stereocenters. The summed E-state index contributed by atoms with van der Waals surface area (Å²) in [4.78, 5) is 12.1. The molecule has 0 saturated heterocycles. The molecule has 19 heavy (non-hydrogen) atoms. The lowest BCUT2D eigenvalue weighted by atomic mass is 10.2. The number of amides is 1. The number of hydrogen-bond acceptors (Lipinski definition) is 3. The number of nitrogens with zero attached hydrogens (tertiary/aromatic N) is 1. The van der Waals surface area contributed by atoms with Crippen molar-refractivity contribution in [2.24, 2.45) is 0 Å². The van der Waals surface area contributed by atoms with Crippen molar-refractivity contribution in [3.8, 4) is 0 Å². The van der Waals surface area contributed by atoms with Crippen LogP contribution in [0, 0.1) is 0 Å². The Morgan fingerprint density at radius 1 is 1.53 bits per heavy atom. The van der Waals surface area contributed by atoms with Gasteiger partial charge >= 0.3 is 0 Å². The highest BCUT2D eigenvalue weighted by molar-refractivity contribution is 7.07. The van der Waals surface area contributed by atoms with Crippen molar-refractivity contribution in [3.05, 3.63) is 40.3 Å². The van der Waals surface area contributed by atoms with Crippen LogP contribution in [0.2, 0.25) is 0 Å². The first-order valence-electron chi connectivity index (χ1n) is 6.34. The topological polar surface area (TPSA) is 60.0 Å². The number of aromatic nitrogens is 1. The molecule has 3 N–H and O–H groups in total. The summed E-state index contributed by atoms with van der Waals surface area (Å²) in [6, 6.07) is 4.01. The van der Waals surface area contributed by atoms with Gasteiger partial charge in [0.1, 0.15) is 5.69 Å². The molecular formula is C14H19N3OS. The number of carbonyl (C=O) groups excluding carboxylic acids is 1. The van der Waals surface area contributed by atoms with E-state index in [2.05, 4.69) is 16.8 Å². The zero-order chi connectivity index (χ0) is 13.8. The first-order chi connectivity index (χ1) is 9.08. The third-order valence-electron chi connectivity index (χ3n) is 2.94. The van der Waals surface area contributed by atoms with E-state index in [1.165, 1.54) is 5.56 Å². The van der Waals surface area contributed by atoms with Crippen LogP contribution in [0.4, 0.5) is 5.69 Å². The van der Waals surface area contributed by atoms with E-state index in [0.717, 1.165) is 6.42 Å². The highest BCUT2D eigenvalue weighted by Gasteiger charge is 2.14. The smallest absolute Gasteiger partial charge is 0.268 e. The van der Waals surface area contributed by atoms with Gasteiger partial charge in [-0.1, -0.05) is 0 Å². The first kappa shape index (κ1) is 13.7. The van der Waals surface area contributed by atoms with Crippen molar-refractivity contribution in [2.75, 3.05) is 12.3 Å². The molecule has 0 bridgehead atoms. The molecule has 0 saturated carbocycles. The summed E-state index contributed by atoms with van der Waals surface area (Å²) in [5, 5.41) is 7.08. The quantitative estimate of drug-likeness (QED) is 0.882. The second-order valence-electron chi connectivity index (χ2n) is 4.80. The number of carbonyl (C=O) groups is 1. The zero-order valence-electron chi connectivity index (χ0n) is 11.2. The summed E-state index contributed by atoms with van der Waals surface area (Å²) in [6.07, 6.45) is 2.66. The average molecular weight is 277 g/mol. The second-order valence-corrected chi connectivity index (χ2v) is 5.58. The van der Waals surface area contributed by atoms with Gasteiger partial charge in [0.2, 0.25) is 0 Å². The van der Waals surface area contributed by atoms with E-state index in [9.17, 15) is 4.79 Å². The Kier molecular flexibility index (Phi) is 4.27. The van der Waals surface area contributed by atoms with Crippen molar-refractivity contribution in [1.29, 1.82) is 0 Å². The van der Waals surface area contributed by atoms with Crippen LogP contribution in [-0.2, 0) is 6.42 Å². The molecule has 5 heteroatoms. The molecule has 102 valence electrons. The number of hydrogen-bond donors (Lipinski definition) is 2. The van der Waals surface area contributed by atoms with Crippen molar-refractivity contribution >= 4 is 22.9 Å². The lowest BCUT2D eigenvalue weighted by molar-refractivity contribution is 0.0943. The third-order valence-corrected chi connectivity index (χ3v) is 3.67. The van der Waals surface area contributed by atoms with Crippen molar-refractivity contribution in [1.82, 2.24) is 9.88 Å². The van der Waals surface area contributed by atoms with Crippen LogP contribution in [0.15, 0.2) is 29.1 Å². The second kappa shape index (κ2) is 5.93. The van der Waals surface area contributed by atoms with Gasteiger partial charge in [-0.3, -0.25) is 4.79 Å². The molecule has 2 heterocycles. The molecule has 0 spiro atoms. The van der Waals surface area contributed by atoms with Gasteiger partial charge < -0.3 is 15.6 Å². The van der Waals surface area contributed by atoms with Gasteiger partial charge in [-0.25, -0.2) is 0 Å². The van der Waals surface area contributed by atoms with E-state index in [-0.39, 0.29) is 11.9 Å². The number of nitrogens with one attached hydrogen (secondary N) is 1. The maximum Gasteiger partial charge on any atom is 0.268 e. The minimum atomic E-state index is -0.0689. The van der Waals surface area contributed by atoms with E-state index in [1.807, 2.05) is 23.8 Å². The standard InChI is InChI=1S/C14H19N3OS/c1-10(2)17-8-12(15)7-13(17)14(18)16-5-3-11-4-6-19-9-11/h4,6-10H,3,5,15H2,1-2H3,(H,16,18). The molecule has 4 nitrogen and oxygen atoms in total. The fourth-order valence-electron chi connectivity index (χ4n) is 1.96. The van der Waals surface area contributed by atoms with Gasteiger partial charge in [0, 0.05) is 18.8 Å². The molecular weight excluding hydrogens is 258 g/mol. The monoisotopic (exact) mass is 277 g/mol. The van der Waals surface area contributed by atoms with Crippen LogP contribution >= 0.6 is 11.3 Å². The first-order valence-corrected chi connectivity index (χ1v) is 7.29. The van der Waals surface area contributed by atoms with Crippen LogP contribution in [0.1, 0.15) is 35.9 Å². The maximum atomic E-state index is 12.1. The van der Waals surface area contributed by atoms with Crippen molar-refractivity contribution < 1.29 is 4.79 Å². The molecule has 2 rings (SSSR count). The van der Waals surface area contributed by atoms with Crippen LogP contribution in [-0.4, -0.2) is 17.0 Å². The van der Waals surface area contributed by atoms with Crippen molar-refractivity contribution in [3.63, 3.8) is 0 Å². The molecule has 0 aromatic carbocycles. The van der Waals surface area contributed by atoms with Gasteiger partial charge in [0.15, 0.2) is 0 Å². The fraction of sp³-hybridized carbons (Fsp3) is 0.357.